The third-order valence-corrected chi connectivity index (χ3v) is 2.82. The molecule has 0 aliphatic heterocycles. The summed E-state index contributed by atoms with van der Waals surface area (Å²) >= 11 is 0. The molecule has 1 aromatic rings. The summed E-state index contributed by atoms with van der Waals surface area (Å²) in [5.74, 6) is 0.0168. The molecule has 0 bridgehead atoms. The Labute approximate surface area is 111 Å². The second-order valence-electron chi connectivity index (χ2n) is 4.39. The van der Waals surface area contributed by atoms with Gasteiger partial charge in [0, 0.05) is 31.8 Å². The summed E-state index contributed by atoms with van der Waals surface area (Å²) in [5, 5.41) is 7.86. The smallest absolute Gasteiger partial charge is 0.310 e. The molecule has 7 heteroatoms. The highest BCUT2D eigenvalue weighted by atomic mass is 16.2. The van der Waals surface area contributed by atoms with Crippen molar-refractivity contribution in [1.82, 2.24) is 20.4 Å². The number of H-pyrrole nitrogens is 2. The lowest BCUT2D eigenvalue weighted by Gasteiger charge is -2.16. The molecule has 1 rings (SSSR count). The molecule has 0 radical (unpaired) electrons. The molecule has 0 fully saturated rings. The van der Waals surface area contributed by atoms with Crippen LogP contribution in [0, 0.1) is 0 Å². The van der Waals surface area contributed by atoms with E-state index in [0.29, 0.717) is 25.1 Å². The van der Waals surface area contributed by atoms with Crippen molar-refractivity contribution >= 4 is 5.91 Å². The van der Waals surface area contributed by atoms with Crippen LogP contribution in [0.1, 0.15) is 18.5 Å². The summed E-state index contributed by atoms with van der Waals surface area (Å²) in [6.45, 7) is 1.56. The number of amides is 1. The third kappa shape index (κ3) is 5.09. The summed E-state index contributed by atoms with van der Waals surface area (Å²) in [4.78, 5) is 35.5. The number of nitrogens with zero attached hydrogens (tertiary/aromatic N) is 1. The number of rotatable bonds is 7. The quantitative estimate of drug-likeness (QED) is 0.439. The fourth-order valence-corrected chi connectivity index (χ4v) is 1.64. The van der Waals surface area contributed by atoms with Gasteiger partial charge in [0.2, 0.25) is 11.3 Å². The lowest BCUT2D eigenvalue weighted by Crippen LogP contribution is -2.30. The highest BCUT2D eigenvalue weighted by Crippen LogP contribution is 1.98. The zero-order chi connectivity index (χ0) is 14.3. The van der Waals surface area contributed by atoms with Crippen molar-refractivity contribution in [2.75, 3.05) is 27.2 Å². The highest BCUT2D eigenvalue weighted by Gasteiger charge is 2.09. The highest BCUT2D eigenvalue weighted by molar-refractivity contribution is 5.76. The van der Waals surface area contributed by atoms with Crippen LogP contribution in [-0.4, -0.2) is 48.2 Å². The predicted octanol–water partition coefficient (Wildman–Crippen LogP) is -0.936. The number of hydrogen-bond acceptors (Lipinski definition) is 4. The molecule has 7 nitrogen and oxygen atoms in total. The van der Waals surface area contributed by atoms with E-state index in [9.17, 15) is 14.4 Å². The van der Waals surface area contributed by atoms with E-state index in [-0.39, 0.29) is 5.91 Å². The second-order valence-corrected chi connectivity index (χ2v) is 4.39. The minimum Gasteiger partial charge on any atom is -0.346 e. The molecule has 1 heterocycles. The SMILES string of the molecule is CNCCCN(C)C(=O)CCc1cc(=O)c(=O)[nH][nH]1. The Morgan fingerprint density at radius 3 is 2.74 bits per heavy atom. The summed E-state index contributed by atoms with van der Waals surface area (Å²) in [5.41, 5.74) is -0.718. The van der Waals surface area contributed by atoms with Gasteiger partial charge in [-0.3, -0.25) is 19.5 Å². The van der Waals surface area contributed by atoms with E-state index in [1.165, 1.54) is 6.07 Å². The van der Waals surface area contributed by atoms with Crippen LogP contribution in [0.15, 0.2) is 15.7 Å². The van der Waals surface area contributed by atoms with Gasteiger partial charge in [-0.25, -0.2) is 0 Å². The van der Waals surface area contributed by atoms with Crippen LogP contribution >= 0.6 is 0 Å². The molecule has 0 aromatic carbocycles. The fraction of sp³-hybridized carbons (Fsp3) is 0.583. The van der Waals surface area contributed by atoms with Gasteiger partial charge in [-0.1, -0.05) is 0 Å². The fourth-order valence-electron chi connectivity index (χ4n) is 1.64. The Kier molecular flexibility index (Phi) is 6.01. The van der Waals surface area contributed by atoms with Crippen molar-refractivity contribution in [3.63, 3.8) is 0 Å². The van der Waals surface area contributed by atoms with Gasteiger partial charge in [0.25, 0.3) is 0 Å². The van der Waals surface area contributed by atoms with Gasteiger partial charge in [0.1, 0.15) is 0 Å². The maximum Gasteiger partial charge on any atom is 0.310 e. The van der Waals surface area contributed by atoms with Crippen LogP contribution in [0.3, 0.4) is 0 Å². The van der Waals surface area contributed by atoms with Crippen molar-refractivity contribution < 1.29 is 4.79 Å². The average Bonchev–Trinajstić information content (AvgIpc) is 2.40. The van der Waals surface area contributed by atoms with Gasteiger partial charge in [-0.2, -0.15) is 0 Å². The summed E-state index contributed by atoms with van der Waals surface area (Å²) in [6, 6.07) is 1.23. The molecular weight excluding hydrogens is 248 g/mol. The Morgan fingerprint density at radius 2 is 2.11 bits per heavy atom. The van der Waals surface area contributed by atoms with Gasteiger partial charge < -0.3 is 15.3 Å². The van der Waals surface area contributed by atoms with E-state index in [1.54, 1.807) is 11.9 Å². The largest absolute Gasteiger partial charge is 0.346 e. The van der Waals surface area contributed by atoms with Gasteiger partial charge in [0.05, 0.1) is 0 Å². The molecule has 0 saturated carbocycles. The third-order valence-electron chi connectivity index (χ3n) is 2.82. The Balaban J connectivity index is 2.42. The first kappa shape index (κ1) is 15.2. The van der Waals surface area contributed by atoms with Crippen LogP contribution in [-0.2, 0) is 11.2 Å². The molecule has 106 valence electrons. The second kappa shape index (κ2) is 7.52. The topological polar surface area (TPSA) is 98.1 Å². The first-order valence-electron chi connectivity index (χ1n) is 6.24. The van der Waals surface area contributed by atoms with Crippen LogP contribution in [0.25, 0.3) is 0 Å². The number of nitrogens with one attached hydrogen (secondary N) is 3. The maximum atomic E-state index is 11.8. The van der Waals surface area contributed by atoms with Crippen molar-refractivity contribution in [2.24, 2.45) is 0 Å². The molecule has 3 N–H and O–H groups in total. The van der Waals surface area contributed by atoms with Crippen molar-refractivity contribution in [2.45, 2.75) is 19.3 Å². The number of aryl methyl sites for hydroxylation is 1. The molecule has 19 heavy (non-hydrogen) atoms. The lowest BCUT2D eigenvalue weighted by atomic mass is 10.2. The first-order chi connectivity index (χ1) is 9.04. The van der Waals surface area contributed by atoms with Gasteiger partial charge >= 0.3 is 5.56 Å². The van der Waals surface area contributed by atoms with Crippen LogP contribution < -0.4 is 16.3 Å². The number of hydrogen-bond donors (Lipinski definition) is 3. The van der Waals surface area contributed by atoms with E-state index < -0.39 is 11.0 Å². The minimum absolute atomic E-state index is 0.0168. The molecule has 1 amide bonds. The Morgan fingerprint density at radius 1 is 1.37 bits per heavy atom. The number of aromatic nitrogens is 2. The molecule has 0 unspecified atom stereocenters. The number of carbonyl (C=O) groups is 1. The van der Waals surface area contributed by atoms with E-state index >= 15 is 0 Å². The lowest BCUT2D eigenvalue weighted by molar-refractivity contribution is -0.129. The average molecular weight is 268 g/mol. The summed E-state index contributed by atoms with van der Waals surface area (Å²) < 4.78 is 0. The van der Waals surface area contributed by atoms with E-state index in [2.05, 4.69) is 15.5 Å². The molecule has 0 saturated heterocycles. The Hall–Kier alpha value is -1.89. The monoisotopic (exact) mass is 268 g/mol. The van der Waals surface area contributed by atoms with Crippen LogP contribution in [0.4, 0.5) is 0 Å². The molecule has 0 spiro atoms. The summed E-state index contributed by atoms with van der Waals surface area (Å²) in [6.07, 6.45) is 1.60. The van der Waals surface area contributed by atoms with Crippen LogP contribution in [0.5, 0.6) is 0 Å². The predicted molar refractivity (Wildman–Crippen MR) is 72.2 cm³/mol. The van der Waals surface area contributed by atoms with Gasteiger partial charge in [-0.15, -0.1) is 0 Å². The minimum atomic E-state index is -0.681. The Bertz CT molecular complexity index is 520. The standard InChI is InChI=1S/C12H20N4O3/c1-13-6-3-7-16(2)11(18)5-4-9-8-10(17)12(19)15-14-9/h8,13H,3-7H2,1-2H3,(H,14,17)(H,15,19). The van der Waals surface area contributed by atoms with Crippen LogP contribution in [0.2, 0.25) is 0 Å². The molecule has 1 aromatic heterocycles. The van der Waals surface area contributed by atoms with Gasteiger partial charge in [0.15, 0.2) is 0 Å². The van der Waals surface area contributed by atoms with E-state index in [4.69, 9.17) is 0 Å². The first-order valence-corrected chi connectivity index (χ1v) is 6.24. The van der Waals surface area contributed by atoms with Crippen molar-refractivity contribution in [3.05, 3.63) is 32.3 Å². The van der Waals surface area contributed by atoms with E-state index in [0.717, 1.165) is 13.0 Å². The van der Waals surface area contributed by atoms with Crippen molar-refractivity contribution in [1.29, 1.82) is 0 Å². The molecule has 0 aliphatic rings. The molecular formula is C12H20N4O3. The zero-order valence-electron chi connectivity index (χ0n) is 11.3. The molecule has 0 atom stereocenters. The van der Waals surface area contributed by atoms with Gasteiger partial charge in [-0.05, 0) is 26.4 Å². The molecule has 0 aliphatic carbocycles. The maximum absolute atomic E-state index is 11.8. The number of aromatic amines is 2. The normalized spacial score (nSPS) is 10.4. The number of carbonyl (C=O) groups excluding carboxylic acids is 1. The zero-order valence-corrected chi connectivity index (χ0v) is 11.3. The van der Waals surface area contributed by atoms with E-state index in [1.807, 2.05) is 7.05 Å². The van der Waals surface area contributed by atoms with Crippen molar-refractivity contribution in [3.8, 4) is 0 Å². The summed E-state index contributed by atoms with van der Waals surface area (Å²) in [7, 11) is 3.63.